The van der Waals surface area contributed by atoms with Crippen LogP contribution in [0.2, 0.25) is 5.02 Å². The van der Waals surface area contributed by atoms with Crippen molar-refractivity contribution in [2.75, 3.05) is 26.9 Å². The summed E-state index contributed by atoms with van der Waals surface area (Å²) in [5.74, 6) is 0.766. The minimum absolute atomic E-state index is 0.112. The van der Waals surface area contributed by atoms with Crippen LogP contribution in [0, 0.1) is 0 Å². The van der Waals surface area contributed by atoms with Gasteiger partial charge in [-0.2, -0.15) is 0 Å². The molecule has 0 bridgehead atoms. The van der Waals surface area contributed by atoms with Crippen molar-refractivity contribution in [1.82, 2.24) is 4.90 Å². The highest BCUT2D eigenvalue weighted by molar-refractivity contribution is 6.32. The molecule has 0 radical (unpaired) electrons. The van der Waals surface area contributed by atoms with Crippen molar-refractivity contribution in [1.29, 1.82) is 0 Å². The summed E-state index contributed by atoms with van der Waals surface area (Å²) in [5, 5.41) is 0.408. The highest BCUT2D eigenvalue weighted by Crippen LogP contribution is 2.51. The van der Waals surface area contributed by atoms with Crippen LogP contribution in [0.1, 0.15) is 68.9 Å². The van der Waals surface area contributed by atoms with E-state index in [9.17, 15) is 9.59 Å². The third-order valence-corrected chi connectivity index (χ3v) is 7.99. The number of ketones is 2. The average Bonchev–Trinajstić information content (AvgIpc) is 2.93. The van der Waals surface area contributed by atoms with Gasteiger partial charge in [-0.05, 0) is 62.3 Å². The zero-order chi connectivity index (χ0) is 27.4. The molecule has 0 saturated heterocycles. The highest BCUT2D eigenvalue weighted by atomic mass is 35.5. The standard InChI is InChI=1S/C32H36ClNO5/c1-3-38-28-19-22(18-23(33)32(28)39-20-21-10-5-4-6-11-21)29-30-24(12-7-14-26(30)35)34(16-9-17-37-2)25-13-8-15-27(36)31(25)29/h4-6,10-11,18-19,29H,3,7-9,12-17,20H2,1-2H3. The molecule has 7 heteroatoms. The van der Waals surface area contributed by atoms with Crippen molar-refractivity contribution >= 4 is 23.2 Å². The average molecular weight is 550 g/mol. The lowest BCUT2D eigenvalue weighted by Crippen LogP contribution is -2.39. The first-order chi connectivity index (χ1) is 19.0. The maximum absolute atomic E-state index is 13.6. The number of ether oxygens (including phenoxy) is 3. The van der Waals surface area contributed by atoms with E-state index < -0.39 is 5.92 Å². The first kappa shape index (κ1) is 27.5. The van der Waals surface area contributed by atoms with Gasteiger partial charge >= 0.3 is 0 Å². The van der Waals surface area contributed by atoms with Gasteiger partial charge in [-0.25, -0.2) is 0 Å². The summed E-state index contributed by atoms with van der Waals surface area (Å²) in [4.78, 5) is 29.4. The zero-order valence-corrected chi connectivity index (χ0v) is 23.5. The third kappa shape index (κ3) is 5.64. The number of Topliss-reactive ketones (excluding diaryl/α,β-unsaturated/α-hetero) is 2. The number of rotatable bonds is 10. The van der Waals surface area contributed by atoms with Gasteiger partial charge in [0.1, 0.15) is 6.61 Å². The maximum atomic E-state index is 13.6. The molecule has 0 amide bonds. The van der Waals surface area contributed by atoms with E-state index in [1.807, 2.05) is 49.4 Å². The lowest BCUT2D eigenvalue weighted by molar-refractivity contribution is -0.117. The van der Waals surface area contributed by atoms with Gasteiger partial charge in [-0.15, -0.1) is 0 Å². The Kier molecular flexibility index (Phi) is 8.73. The molecule has 0 N–H and O–H groups in total. The molecule has 6 nitrogen and oxygen atoms in total. The Hall–Kier alpha value is -3.09. The largest absolute Gasteiger partial charge is 0.490 e. The Labute approximate surface area is 235 Å². The Morgan fingerprint density at radius 2 is 1.59 bits per heavy atom. The Morgan fingerprint density at radius 3 is 2.21 bits per heavy atom. The molecule has 0 fully saturated rings. The molecule has 206 valence electrons. The second-order valence-corrected chi connectivity index (χ2v) is 10.6. The van der Waals surface area contributed by atoms with Gasteiger partial charge < -0.3 is 19.1 Å². The summed E-state index contributed by atoms with van der Waals surface area (Å²) >= 11 is 6.86. The smallest absolute Gasteiger partial charge is 0.180 e. The number of halogens is 1. The molecular formula is C32H36ClNO5. The van der Waals surface area contributed by atoms with Gasteiger partial charge in [0, 0.05) is 61.6 Å². The molecule has 0 saturated carbocycles. The first-order valence-electron chi connectivity index (χ1n) is 13.9. The van der Waals surface area contributed by atoms with Crippen molar-refractivity contribution < 1.29 is 23.8 Å². The molecule has 0 unspecified atom stereocenters. The Bertz CT molecular complexity index is 1260. The number of carbonyl (C=O) groups is 2. The number of nitrogens with zero attached hydrogens (tertiary/aromatic N) is 1. The fraction of sp³-hybridized carbons (Fsp3) is 0.438. The summed E-state index contributed by atoms with van der Waals surface area (Å²) < 4.78 is 17.5. The first-order valence-corrected chi connectivity index (χ1v) is 14.3. The maximum Gasteiger partial charge on any atom is 0.180 e. The second-order valence-electron chi connectivity index (χ2n) is 10.2. The highest BCUT2D eigenvalue weighted by Gasteiger charge is 2.43. The molecule has 1 aliphatic heterocycles. The lowest BCUT2D eigenvalue weighted by atomic mass is 9.71. The number of hydrogen-bond donors (Lipinski definition) is 0. The van der Waals surface area contributed by atoms with E-state index in [1.54, 1.807) is 7.11 Å². The van der Waals surface area contributed by atoms with Gasteiger partial charge in [0.25, 0.3) is 0 Å². The van der Waals surface area contributed by atoms with Crippen LogP contribution >= 0.6 is 11.6 Å². The normalized spacial score (nSPS) is 17.9. The van der Waals surface area contributed by atoms with E-state index in [0.717, 1.165) is 72.3 Å². The lowest BCUT2D eigenvalue weighted by Gasteiger charge is -2.44. The number of hydrogen-bond acceptors (Lipinski definition) is 6. The molecule has 1 heterocycles. The molecule has 0 spiro atoms. The molecule has 2 aromatic carbocycles. The van der Waals surface area contributed by atoms with Crippen LogP contribution in [0.15, 0.2) is 65.0 Å². The van der Waals surface area contributed by atoms with Gasteiger partial charge in [0.2, 0.25) is 0 Å². The molecule has 2 aliphatic carbocycles. The molecule has 0 aromatic heterocycles. The van der Waals surface area contributed by atoms with Crippen LogP contribution in [-0.2, 0) is 20.9 Å². The summed E-state index contributed by atoms with van der Waals surface area (Å²) in [6.45, 7) is 4.05. The summed E-state index contributed by atoms with van der Waals surface area (Å²) in [7, 11) is 1.70. The van der Waals surface area contributed by atoms with Crippen LogP contribution in [0.4, 0.5) is 0 Å². The fourth-order valence-electron chi connectivity index (χ4n) is 6.07. The van der Waals surface area contributed by atoms with Crippen molar-refractivity contribution in [3.05, 3.63) is 81.2 Å². The van der Waals surface area contributed by atoms with Crippen LogP contribution in [0.3, 0.4) is 0 Å². The van der Waals surface area contributed by atoms with Gasteiger partial charge in [0.15, 0.2) is 23.1 Å². The van der Waals surface area contributed by atoms with Crippen LogP contribution < -0.4 is 9.47 Å². The van der Waals surface area contributed by atoms with Gasteiger partial charge in [-0.1, -0.05) is 41.9 Å². The monoisotopic (exact) mass is 549 g/mol. The number of carbonyl (C=O) groups excluding carboxylic acids is 2. The van der Waals surface area contributed by atoms with Gasteiger partial charge in [-0.3, -0.25) is 9.59 Å². The second kappa shape index (κ2) is 12.4. The minimum atomic E-state index is -0.450. The van der Waals surface area contributed by atoms with Crippen molar-refractivity contribution in [3.63, 3.8) is 0 Å². The fourth-order valence-corrected chi connectivity index (χ4v) is 6.35. The molecule has 3 aliphatic rings. The van der Waals surface area contributed by atoms with E-state index in [0.29, 0.717) is 49.2 Å². The van der Waals surface area contributed by atoms with Crippen LogP contribution in [0.25, 0.3) is 0 Å². The van der Waals surface area contributed by atoms with E-state index in [4.69, 9.17) is 25.8 Å². The quantitative estimate of drug-likeness (QED) is 0.305. The molecule has 0 atom stereocenters. The third-order valence-electron chi connectivity index (χ3n) is 7.71. The van der Waals surface area contributed by atoms with Crippen molar-refractivity contribution in [3.8, 4) is 11.5 Å². The molecule has 5 rings (SSSR count). The van der Waals surface area contributed by atoms with Crippen molar-refractivity contribution in [2.24, 2.45) is 0 Å². The van der Waals surface area contributed by atoms with Crippen LogP contribution in [-0.4, -0.2) is 43.3 Å². The number of methoxy groups -OCH3 is 1. The predicted octanol–water partition coefficient (Wildman–Crippen LogP) is 6.77. The minimum Gasteiger partial charge on any atom is -0.490 e. The number of benzene rings is 2. The zero-order valence-electron chi connectivity index (χ0n) is 22.8. The molecular weight excluding hydrogens is 514 g/mol. The number of allylic oxidation sites excluding steroid dienone is 4. The molecule has 39 heavy (non-hydrogen) atoms. The van der Waals surface area contributed by atoms with Gasteiger partial charge in [0.05, 0.1) is 11.6 Å². The van der Waals surface area contributed by atoms with Crippen molar-refractivity contribution in [2.45, 2.75) is 64.4 Å². The summed E-state index contributed by atoms with van der Waals surface area (Å²) in [6.07, 6.45) is 5.08. The SMILES string of the molecule is CCOc1cc(C2C3=C(CCCC3=O)N(CCCOC)C3=C2C(=O)CCC3)cc(Cl)c1OCc1ccccc1. The van der Waals surface area contributed by atoms with E-state index in [-0.39, 0.29) is 11.6 Å². The topological polar surface area (TPSA) is 65.1 Å². The summed E-state index contributed by atoms with van der Waals surface area (Å²) in [5.41, 5.74) is 5.41. The van der Waals surface area contributed by atoms with E-state index in [1.165, 1.54) is 0 Å². The van der Waals surface area contributed by atoms with E-state index in [2.05, 4.69) is 4.90 Å². The Morgan fingerprint density at radius 1 is 0.923 bits per heavy atom. The molecule has 2 aromatic rings. The summed E-state index contributed by atoms with van der Waals surface area (Å²) in [6, 6.07) is 13.7. The predicted molar refractivity (Wildman–Crippen MR) is 151 cm³/mol. The Balaban J connectivity index is 1.60. The van der Waals surface area contributed by atoms with Crippen LogP contribution in [0.5, 0.6) is 11.5 Å². The van der Waals surface area contributed by atoms with E-state index >= 15 is 0 Å².